The first-order chi connectivity index (χ1) is 62.5. The third-order valence-corrected chi connectivity index (χ3v) is 24.1. The number of nitrogens with one attached hydrogen (secondary N) is 11. The van der Waals surface area contributed by atoms with Crippen molar-refractivity contribution in [1.82, 2.24) is 58.2 Å². The van der Waals surface area contributed by atoms with Gasteiger partial charge in [0, 0.05) is 59.2 Å². The molecule has 6 aromatic carbocycles. The molecule has 7 aliphatic heterocycles. The molecule has 14 rings (SSSR count). The highest BCUT2D eigenvalue weighted by Crippen LogP contribution is 2.50. The number of amides is 10. The maximum atomic E-state index is 16.7. The van der Waals surface area contributed by atoms with Gasteiger partial charge in [-0.1, -0.05) is 87.3 Å². The summed E-state index contributed by atoms with van der Waals surface area (Å²) in [7, 11) is 1.34. The van der Waals surface area contributed by atoms with E-state index in [1.807, 2.05) is 0 Å². The molecule has 11 bridgehead atoms. The van der Waals surface area contributed by atoms with Gasteiger partial charge in [0.2, 0.25) is 64.8 Å². The molecule has 7 aromatic rings. The van der Waals surface area contributed by atoms with E-state index in [1.165, 1.54) is 39.1 Å². The van der Waals surface area contributed by atoms with Crippen LogP contribution >= 0.6 is 23.2 Å². The average Bonchev–Trinajstić information content (AvgIpc) is 0.778. The molecule has 132 heavy (non-hydrogen) atoms. The predicted octanol–water partition coefficient (Wildman–Crippen LogP) is 1.29. The number of likely N-dealkylation sites (N-methyl/N-ethyl adjacent to an activating group) is 1. The number of carboxylic acid groups (broad SMARTS) is 1. The van der Waals surface area contributed by atoms with Gasteiger partial charge in [0.1, 0.15) is 108 Å². The number of hydrogen-bond donors (Lipinski definition) is 24. The van der Waals surface area contributed by atoms with Crippen LogP contribution in [0.2, 0.25) is 10.0 Å². The number of aromatic hydroxyl groups is 3. The van der Waals surface area contributed by atoms with Crippen molar-refractivity contribution in [2.45, 2.75) is 220 Å². The number of halogens is 2. The van der Waals surface area contributed by atoms with Crippen LogP contribution in [0.3, 0.4) is 0 Å². The fraction of sp³-hybridized carbons (Fsp3) is 0.449. The maximum absolute atomic E-state index is 16.7. The molecule has 41 nitrogen and oxygen atoms in total. The Balaban J connectivity index is 1.08. The zero-order valence-corrected chi connectivity index (χ0v) is 74.1. The number of unbranched alkanes of at least 4 members (excludes halogenated alkanes) is 1. The Bertz CT molecular complexity index is 5530. The molecule has 10 amide bonds. The normalized spacial score (nSPS) is 26.0. The van der Waals surface area contributed by atoms with Gasteiger partial charge in [-0.3, -0.25) is 47.9 Å². The highest BCUT2D eigenvalue weighted by molar-refractivity contribution is 6.32. The summed E-state index contributed by atoms with van der Waals surface area (Å²) in [6.45, 7) is 8.23. The zero-order chi connectivity index (χ0) is 96.0. The molecule has 7 aliphatic rings. The predicted molar refractivity (Wildman–Crippen MR) is 469 cm³/mol. The lowest BCUT2D eigenvalue weighted by atomic mass is 9.83. The lowest BCUT2D eigenvalue weighted by Gasteiger charge is -2.44. The highest BCUT2D eigenvalue weighted by Gasteiger charge is 2.57. The number of H-pyrrole nitrogens is 1. The van der Waals surface area contributed by atoms with Crippen LogP contribution in [0.25, 0.3) is 22.0 Å². The summed E-state index contributed by atoms with van der Waals surface area (Å²) in [5.41, 5.74) is 12.5. The van der Waals surface area contributed by atoms with Gasteiger partial charge in [-0.25, -0.2) is 4.79 Å². The molecular weight excluding hydrogens is 1770 g/mol. The van der Waals surface area contributed by atoms with Crippen LogP contribution in [0.1, 0.15) is 144 Å². The molecule has 43 heteroatoms. The van der Waals surface area contributed by atoms with Crippen molar-refractivity contribution in [3.05, 3.63) is 153 Å². The van der Waals surface area contributed by atoms with Gasteiger partial charge in [-0.2, -0.15) is 0 Å². The number of nitrogens with two attached hydrogens (primary N) is 3. The number of phenols is 3. The maximum Gasteiger partial charge on any atom is 0.326 e. The lowest BCUT2D eigenvalue weighted by Crippen LogP contribution is -2.73. The Morgan fingerprint density at radius 3 is 1.92 bits per heavy atom. The lowest BCUT2D eigenvalue weighted by molar-refractivity contribution is -0.277. The van der Waals surface area contributed by atoms with Crippen molar-refractivity contribution < 1.29 is 132 Å². The standard InChI is InChI=1S/C89H108Cl2N14O27/c1-37(2)22-53(95-7)80(119)105-89(86(125)100-52(14-10-11-21-92)77(116)98-54(78(117)99-56(84(123)124)23-38(3)4)28-44-34-96-51-13-9-8-12-47(44)51)76(115)42-17-20-60(50(91)27-42)129-62-30-43-29-61(74(62)132-85-72(113)71(112)70(111)63(36-106)130-85)128-59-19-16-41(26-49(59)90)73(131-65-33-88(6,94)75(114)39(5)127-65)69-81(120)97-35-45-24-46(107)31-58(109)66(45)48-25-40(15-18-57(48)108)67(82(121)104-69)103-83(122)68(43)102-79(118)55(32-64(93)110)101-87(89)126/h8-9,12-13,15-20,24-27,29-31,34,37-39,52-56,63,65,67-73,75-76,85,95-96,106-109,111-115H,10-11,14,21-23,28,32-33,35-36,92,94H2,1-7H3,(H2,93,110)(H,97,120)(H,98,116)(H,99,117)(H,100,125)(H,101,126)(H,102,118)(H,103,122)(H,104,121)(H,105,119)(H,123,124). The number of aliphatic hydroxyl groups is 6. The summed E-state index contributed by atoms with van der Waals surface area (Å²) in [4.78, 5) is 174. The summed E-state index contributed by atoms with van der Waals surface area (Å²) in [6.07, 6.45) is -19.7. The van der Waals surface area contributed by atoms with Gasteiger partial charge in [-0.05, 0) is 165 Å². The number of aromatic amines is 1. The third kappa shape index (κ3) is 22.0. The zero-order valence-electron chi connectivity index (χ0n) is 72.6. The number of aliphatic hydroxyl groups excluding tert-OH is 6. The van der Waals surface area contributed by atoms with Gasteiger partial charge >= 0.3 is 5.97 Å². The van der Waals surface area contributed by atoms with Gasteiger partial charge < -0.3 is 155 Å². The number of benzene rings is 6. The van der Waals surface area contributed by atoms with Crippen molar-refractivity contribution in [2.75, 3.05) is 20.2 Å². The summed E-state index contributed by atoms with van der Waals surface area (Å²) < 4.78 is 38.7. The summed E-state index contributed by atoms with van der Waals surface area (Å²) >= 11 is 14.7. The monoisotopic (exact) mass is 1870 g/mol. The molecule has 27 N–H and O–H groups in total. The van der Waals surface area contributed by atoms with E-state index in [9.17, 15) is 65.4 Å². The number of ether oxygens (including phenoxy) is 6. The summed E-state index contributed by atoms with van der Waals surface area (Å²) in [5, 5.41) is 140. The number of para-hydroxylation sites is 1. The van der Waals surface area contributed by atoms with Gasteiger partial charge in [0.05, 0.1) is 41.3 Å². The molecule has 8 heterocycles. The third-order valence-electron chi connectivity index (χ3n) is 23.6. The number of hydrogen-bond acceptors (Lipinski definition) is 29. The van der Waals surface area contributed by atoms with Crippen molar-refractivity contribution in [2.24, 2.45) is 29.0 Å². The molecule has 20 atom stereocenters. The van der Waals surface area contributed by atoms with E-state index in [2.05, 4.69) is 58.2 Å². The van der Waals surface area contributed by atoms with Crippen molar-refractivity contribution in [1.29, 1.82) is 0 Å². The molecule has 1 aromatic heterocycles. The van der Waals surface area contributed by atoms with Gasteiger partial charge in [0.15, 0.2) is 17.8 Å². The number of aromatic nitrogens is 1. The largest absolute Gasteiger partial charge is 0.508 e. The van der Waals surface area contributed by atoms with Crippen LogP contribution in [0.4, 0.5) is 0 Å². The van der Waals surface area contributed by atoms with Gasteiger partial charge in [-0.15, -0.1) is 0 Å². The quantitative estimate of drug-likeness (QED) is 0.0255. The van der Waals surface area contributed by atoms with Crippen LogP contribution in [0.5, 0.6) is 46.0 Å². The van der Waals surface area contributed by atoms with Crippen LogP contribution in [-0.4, -0.2) is 238 Å². The van der Waals surface area contributed by atoms with E-state index in [0.29, 0.717) is 16.5 Å². The second-order valence-electron chi connectivity index (χ2n) is 34.4. The van der Waals surface area contributed by atoms with Crippen LogP contribution in [-0.2, 0) is 79.9 Å². The molecule has 710 valence electrons. The minimum absolute atomic E-state index is 0.00823. The summed E-state index contributed by atoms with van der Waals surface area (Å²) in [6, 6.07) is 5.01. The van der Waals surface area contributed by atoms with E-state index >= 15 is 38.4 Å². The van der Waals surface area contributed by atoms with E-state index in [1.54, 1.807) is 58.2 Å². The minimum atomic E-state index is -3.70. The number of primary amides is 1. The van der Waals surface area contributed by atoms with Crippen LogP contribution < -0.4 is 84.6 Å². The molecule has 0 radical (unpaired) electrons. The smallest absolute Gasteiger partial charge is 0.326 e. The minimum Gasteiger partial charge on any atom is -0.508 e. The van der Waals surface area contributed by atoms with Gasteiger partial charge in [0.25, 0.3) is 11.8 Å². The first kappa shape index (κ1) is 99.0. The Morgan fingerprint density at radius 1 is 0.659 bits per heavy atom. The van der Waals surface area contributed by atoms with Crippen LogP contribution in [0.15, 0.2) is 109 Å². The Labute approximate surface area is 765 Å². The number of fused-ring (bicyclic) bond motifs is 16. The van der Waals surface area contributed by atoms with Crippen molar-refractivity contribution >= 4 is 99.1 Å². The number of phenolic OH excluding ortho intramolecular Hbond substituents is 3. The van der Waals surface area contributed by atoms with E-state index in [4.69, 9.17) is 68.8 Å². The number of rotatable bonds is 27. The second-order valence-corrected chi connectivity index (χ2v) is 35.2. The van der Waals surface area contributed by atoms with Crippen LogP contribution in [0, 0.1) is 11.8 Å². The number of carbonyl (C=O) groups excluding carboxylic acids is 10. The fourth-order valence-corrected chi connectivity index (χ4v) is 17.0. The van der Waals surface area contributed by atoms with Crippen molar-refractivity contribution in [3.8, 4) is 57.1 Å². The van der Waals surface area contributed by atoms with Crippen molar-refractivity contribution in [3.63, 3.8) is 0 Å². The number of carbonyl (C=O) groups is 11. The van der Waals surface area contributed by atoms with E-state index in [-0.39, 0.29) is 84.7 Å². The first-order valence-electron chi connectivity index (χ1n) is 42.6. The topological polar surface area (TPSA) is 660 Å². The Hall–Kier alpha value is -12.1. The Morgan fingerprint density at radius 2 is 1.28 bits per heavy atom. The SMILES string of the molecule is CNC(CC(C)C)C(=O)NC1(C(=O)NC(CCCCN)C(=O)NC(Cc2c[nH]c3ccccc23)C(=O)NC(CC(C)C)C(=O)O)C(=O)NC(CC(N)=O)C(=O)NC2C(=O)NC3C(=O)NC(C(=O)NCc4cc(O)cc(O)c4-c4cc3ccc4O)C(OC3CC(C)(N)C(O)C(C)O3)c3ccc(c(Cl)c3)Oc3cc2cc(c3OC2OC(CO)C(O)C(O)C2O)Oc2ccc(cc2Cl)C1O. The molecule has 0 aliphatic carbocycles. The molecular formula is C89H108Cl2N14O27. The molecule has 2 saturated heterocycles. The molecule has 20 unspecified atom stereocenters. The molecule has 0 saturated carbocycles. The van der Waals surface area contributed by atoms with E-state index < -0.39 is 279 Å². The number of aliphatic carboxylic acids is 1. The van der Waals surface area contributed by atoms with E-state index in [0.717, 1.165) is 60.7 Å². The highest BCUT2D eigenvalue weighted by atomic mass is 35.5. The summed E-state index contributed by atoms with van der Waals surface area (Å²) in [5.74, 6) is -21.1. The average molecular weight is 1880 g/mol. The molecule has 2 fully saturated rings. The second kappa shape index (κ2) is 41.8. The first-order valence-corrected chi connectivity index (χ1v) is 43.4. The fourth-order valence-electron chi connectivity index (χ4n) is 16.6. The number of carboxylic acids is 1. The molecule has 0 spiro atoms. The Kier molecular flexibility index (Phi) is 31.3.